The Morgan fingerprint density at radius 1 is 1.11 bits per heavy atom. The van der Waals surface area contributed by atoms with Crippen molar-refractivity contribution in [3.63, 3.8) is 0 Å². The van der Waals surface area contributed by atoms with Crippen LogP contribution in [0.15, 0.2) is 54.6 Å². The summed E-state index contributed by atoms with van der Waals surface area (Å²) in [6.07, 6.45) is -5.55. The van der Waals surface area contributed by atoms with E-state index in [9.17, 15) is 26.4 Å². The molecule has 0 bridgehead atoms. The first-order valence-electron chi connectivity index (χ1n) is 9.89. The Balaban J connectivity index is 0.000000762. The normalized spacial score (nSPS) is 12.7. The van der Waals surface area contributed by atoms with Crippen LogP contribution >= 0.6 is 0 Å². The average Bonchev–Trinajstić information content (AvgIpc) is 2.77. The van der Waals surface area contributed by atoms with Gasteiger partial charge in [0.05, 0.1) is 26.2 Å². The molecule has 0 aromatic heterocycles. The Bertz CT molecular complexity index is 1110. The summed E-state index contributed by atoms with van der Waals surface area (Å²) < 4.78 is 64.3. The topological polar surface area (TPSA) is 150 Å². The molecular formula is C21H26F3N3O7S. The van der Waals surface area contributed by atoms with Crippen molar-refractivity contribution < 1.29 is 50.0 Å². The van der Waals surface area contributed by atoms with E-state index in [1.807, 2.05) is 18.2 Å². The molecule has 1 atom stereocenters. The van der Waals surface area contributed by atoms with Gasteiger partial charge in [0.25, 0.3) is 0 Å². The molecular weight excluding hydrogens is 495 g/mol. The first-order valence-corrected chi connectivity index (χ1v) is 11.3. The number of ether oxygens (including phenoxy) is 1. The lowest BCUT2D eigenvalue weighted by Gasteiger charge is -2.38. The molecule has 2 rings (SSSR count). The van der Waals surface area contributed by atoms with Crippen molar-refractivity contribution in [1.82, 2.24) is 0 Å². The van der Waals surface area contributed by atoms with Gasteiger partial charge in [-0.15, -0.1) is 0 Å². The van der Waals surface area contributed by atoms with Gasteiger partial charge in [0.15, 0.2) is 0 Å². The zero-order valence-corrected chi connectivity index (χ0v) is 19.9. The van der Waals surface area contributed by atoms with Crippen LogP contribution in [0.3, 0.4) is 0 Å². The maximum atomic E-state index is 13.2. The van der Waals surface area contributed by atoms with Crippen LogP contribution in [0.4, 0.5) is 18.9 Å². The van der Waals surface area contributed by atoms with E-state index < -0.39 is 38.3 Å². The van der Waals surface area contributed by atoms with E-state index in [1.165, 1.54) is 21.1 Å². The van der Waals surface area contributed by atoms with Gasteiger partial charge in [0.1, 0.15) is 23.5 Å². The van der Waals surface area contributed by atoms with Gasteiger partial charge in [-0.05, 0) is 24.3 Å². The van der Waals surface area contributed by atoms with E-state index in [1.54, 1.807) is 36.4 Å². The lowest BCUT2D eigenvalue weighted by Crippen LogP contribution is -2.60. The van der Waals surface area contributed by atoms with Gasteiger partial charge >= 0.3 is 22.4 Å². The van der Waals surface area contributed by atoms with Gasteiger partial charge in [-0.1, -0.05) is 24.3 Å². The Hall–Kier alpha value is -3.36. The van der Waals surface area contributed by atoms with E-state index in [4.69, 9.17) is 25.5 Å². The number of carboxylic acid groups (broad SMARTS) is 2. The number of carbonyl (C=O) groups excluding carboxylic acids is 1. The van der Waals surface area contributed by atoms with Crippen LogP contribution < -0.4 is 19.9 Å². The second-order valence-corrected chi connectivity index (χ2v) is 9.95. The molecule has 0 fully saturated rings. The van der Waals surface area contributed by atoms with E-state index in [0.29, 0.717) is 17.2 Å². The maximum Gasteiger partial charge on any atom is 0.430 e. The molecule has 0 aliphatic carbocycles. The monoisotopic (exact) mass is 521 g/mol. The molecule has 2 aromatic carbocycles. The number of carbonyl (C=O) groups is 2. The molecule has 0 radical (unpaired) electrons. The number of nitrogens with two attached hydrogens (primary N) is 1. The summed E-state index contributed by atoms with van der Waals surface area (Å²) in [6.45, 7) is -0.0798. The summed E-state index contributed by atoms with van der Waals surface area (Å²) in [5.41, 5.74) is 6.07. The number of nitrogens with zero attached hydrogens (tertiary/aromatic N) is 2. The van der Waals surface area contributed by atoms with Gasteiger partial charge in [0.2, 0.25) is 0 Å². The fraction of sp³-hybridized carbons (Fsp3) is 0.333. The Morgan fingerprint density at radius 3 is 2.09 bits per heavy atom. The standard InChI is InChI=1S/C19H25N3O5S.C2HF3O2/c1-21(28(25,26)22(2,3)16(14-20)13-19(23)24)15-8-7-11-18(12-15)27-17-9-5-4-6-10-17;3-2(4,5)1(6)7/h4-12,16H,13-14,20H2,1-3H3;(H,6,7)/t16-;/m1./s1. The number of halogens is 3. The summed E-state index contributed by atoms with van der Waals surface area (Å²) in [6, 6.07) is 15.0. The minimum Gasteiger partial charge on any atom is -0.542 e. The predicted octanol–water partition coefficient (Wildman–Crippen LogP) is 1.34. The minimum absolute atomic E-state index is 0.0798. The molecule has 0 spiro atoms. The zero-order valence-electron chi connectivity index (χ0n) is 19.1. The van der Waals surface area contributed by atoms with Crippen molar-refractivity contribution in [3.05, 3.63) is 54.6 Å². The molecule has 0 unspecified atom stereocenters. The van der Waals surface area contributed by atoms with Crippen molar-refractivity contribution >= 4 is 27.8 Å². The molecule has 3 N–H and O–H groups in total. The van der Waals surface area contributed by atoms with Crippen molar-refractivity contribution in [1.29, 1.82) is 0 Å². The first-order chi connectivity index (χ1) is 16.0. The molecule has 0 aliphatic rings. The third-order valence-electron chi connectivity index (χ3n) is 4.89. The van der Waals surface area contributed by atoms with Crippen LogP contribution in [0, 0.1) is 0 Å². The Labute approximate surface area is 200 Å². The number of aliphatic carboxylic acids is 2. The molecule has 0 heterocycles. The summed E-state index contributed by atoms with van der Waals surface area (Å²) in [7, 11) is 0.338. The quantitative estimate of drug-likeness (QED) is 0.470. The Morgan fingerprint density at radius 2 is 1.63 bits per heavy atom. The number of hydrogen-bond acceptors (Lipinski definition) is 7. The van der Waals surface area contributed by atoms with Crippen LogP contribution in [0.5, 0.6) is 11.5 Å². The zero-order chi connectivity index (χ0) is 27.0. The van der Waals surface area contributed by atoms with Crippen molar-refractivity contribution in [2.24, 2.45) is 5.73 Å². The Kier molecular flexibility index (Phi) is 10.1. The maximum absolute atomic E-state index is 13.2. The van der Waals surface area contributed by atoms with Crippen LogP contribution in [-0.4, -0.2) is 69.3 Å². The second kappa shape index (κ2) is 11.9. The van der Waals surface area contributed by atoms with Crippen LogP contribution in [0.2, 0.25) is 0 Å². The number of carboxylic acids is 2. The number of benzene rings is 2. The van der Waals surface area contributed by atoms with Crippen LogP contribution in [0.25, 0.3) is 0 Å². The van der Waals surface area contributed by atoms with E-state index in [0.717, 1.165) is 4.31 Å². The van der Waals surface area contributed by atoms with Crippen LogP contribution in [0.1, 0.15) is 6.42 Å². The fourth-order valence-electron chi connectivity index (χ4n) is 2.76. The number of quaternary nitrogens is 1. The second-order valence-electron chi connectivity index (χ2n) is 7.56. The van der Waals surface area contributed by atoms with Crippen molar-refractivity contribution in [2.75, 3.05) is 32.0 Å². The first kappa shape index (κ1) is 29.7. The predicted molar refractivity (Wildman–Crippen MR) is 119 cm³/mol. The highest BCUT2D eigenvalue weighted by molar-refractivity contribution is 7.87. The fourth-order valence-corrected chi connectivity index (χ4v) is 4.31. The summed E-state index contributed by atoms with van der Waals surface area (Å²) in [4.78, 5) is 19.9. The average molecular weight is 522 g/mol. The summed E-state index contributed by atoms with van der Waals surface area (Å²) in [5.74, 6) is -2.99. The lowest BCUT2D eigenvalue weighted by molar-refractivity contribution is -0.789. The third-order valence-corrected chi connectivity index (χ3v) is 7.28. The number of rotatable bonds is 9. The lowest BCUT2D eigenvalue weighted by atomic mass is 10.2. The number of alkyl halides is 3. The molecule has 10 nitrogen and oxygen atoms in total. The summed E-state index contributed by atoms with van der Waals surface area (Å²) >= 11 is 0. The molecule has 0 saturated heterocycles. The SMILES string of the molecule is CN(c1cccc(Oc2ccccc2)c1)S(=O)(=O)[N+](C)(C)[C@@H](CN)CC(=O)O.O=C([O-])C(F)(F)F. The van der Waals surface area contributed by atoms with Gasteiger partial charge in [-0.3, -0.25) is 4.79 Å². The molecule has 35 heavy (non-hydrogen) atoms. The molecule has 0 aliphatic heterocycles. The number of anilines is 1. The van der Waals surface area contributed by atoms with E-state index in [-0.39, 0.29) is 13.0 Å². The smallest absolute Gasteiger partial charge is 0.430 e. The van der Waals surface area contributed by atoms with Gasteiger partial charge in [-0.2, -0.15) is 21.6 Å². The highest BCUT2D eigenvalue weighted by atomic mass is 32.2. The molecule has 0 amide bonds. The molecule has 194 valence electrons. The number of hydrogen-bond donors (Lipinski definition) is 2. The van der Waals surface area contributed by atoms with Gasteiger partial charge < -0.3 is 25.5 Å². The van der Waals surface area contributed by atoms with E-state index in [2.05, 4.69) is 0 Å². The third kappa shape index (κ3) is 8.12. The summed E-state index contributed by atoms with van der Waals surface area (Å²) in [5, 5.41) is 17.9. The molecule has 0 saturated carbocycles. The largest absolute Gasteiger partial charge is 0.542 e. The number of likely N-dealkylation sites (N-methyl/N-ethyl adjacent to an activating group) is 1. The van der Waals surface area contributed by atoms with Crippen molar-refractivity contribution in [3.8, 4) is 11.5 Å². The van der Waals surface area contributed by atoms with Gasteiger partial charge in [-0.25, -0.2) is 8.19 Å². The van der Waals surface area contributed by atoms with Crippen molar-refractivity contribution in [2.45, 2.75) is 18.6 Å². The highest BCUT2D eigenvalue weighted by Gasteiger charge is 2.44. The van der Waals surface area contributed by atoms with E-state index >= 15 is 0 Å². The molecule has 2 aromatic rings. The van der Waals surface area contributed by atoms with Crippen LogP contribution in [-0.2, 0) is 19.8 Å². The van der Waals surface area contributed by atoms with Gasteiger partial charge in [0, 0.05) is 19.7 Å². The highest BCUT2D eigenvalue weighted by Crippen LogP contribution is 2.29. The number of para-hydroxylation sites is 1. The minimum atomic E-state index is -5.19. The molecule has 14 heteroatoms.